The fourth-order valence-electron chi connectivity index (χ4n) is 1.27. The molecule has 0 fully saturated rings. The lowest BCUT2D eigenvalue weighted by atomic mass is 10.2. The number of anilines is 1. The van der Waals surface area contributed by atoms with Crippen LogP contribution in [0, 0.1) is 6.92 Å². The largest absolute Gasteiger partial charge is 0.399 e. The lowest BCUT2D eigenvalue weighted by Gasteiger charge is -1.94. The summed E-state index contributed by atoms with van der Waals surface area (Å²) in [4.78, 5) is 0. The third-order valence-electron chi connectivity index (χ3n) is 1.87. The van der Waals surface area contributed by atoms with Gasteiger partial charge in [0.15, 0.2) is 0 Å². The molecule has 0 aliphatic heterocycles. The molecule has 0 aliphatic rings. The normalized spacial score (nSPS) is 10.8. The Kier molecular flexibility index (Phi) is 1.51. The second kappa shape index (κ2) is 2.42. The van der Waals surface area contributed by atoms with Gasteiger partial charge in [-0.1, -0.05) is 0 Å². The predicted octanol–water partition coefficient (Wildman–Crippen LogP) is 1.62. The number of aryl methyl sites for hydroxylation is 1. The maximum atomic E-state index is 5.63. The van der Waals surface area contributed by atoms with Crippen LogP contribution < -0.4 is 5.73 Å². The van der Waals surface area contributed by atoms with Gasteiger partial charge >= 0.3 is 0 Å². The summed E-state index contributed by atoms with van der Waals surface area (Å²) in [6.07, 6.45) is 0. The predicted molar refractivity (Wildman–Crippen MR) is 53.3 cm³/mol. The van der Waals surface area contributed by atoms with E-state index < -0.39 is 0 Å². The smallest absolute Gasteiger partial charge is 0.0831 e. The van der Waals surface area contributed by atoms with Gasteiger partial charge in [0.05, 0.1) is 11.2 Å². The molecule has 0 saturated carbocycles. The molecule has 12 heavy (non-hydrogen) atoms. The second-order valence-electron chi connectivity index (χ2n) is 2.75. The van der Waals surface area contributed by atoms with Crippen LogP contribution in [0.1, 0.15) is 5.69 Å². The van der Waals surface area contributed by atoms with E-state index in [0.29, 0.717) is 0 Å². The Hall–Kier alpha value is -1.16. The maximum Gasteiger partial charge on any atom is 0.0831 e. The van der Waals surface area contributed by atoms with Crippen LogP contribution in [0.3, 0.4) is 0 Å². The van der Waals surface area contributed by atoms with Crippen LogP contribution >= 0.6 is 12.8 Å². The van der Waals surface area contributed by atoms with Crippen molar-refractivity contribution in [1.82, 2.24) is 9.19 Å². The number of hydrogen-bond acceptors (Lipinski definition) is 3. The highest BCUT2D eigenvalue weighted by molar-refractivity contribution is 7.78. The molecule has 0 radical (unpaired) electrons. The fourth-order valence-corrected chi connectivity index (χ4v) is 1.57. The summed E-state index contributed by atoms with van der Waals surface area (Å²) in [5.74, 6) is 0. The number of nitrogens with two attached hydrogens (primary N) is 1. The average molecular weight is 179 g/mol. The molecule has 3 nitrogen and oxygen atoms in total. The van der Waals surface area contributed by atoms with E-state index in [9.17, 15) is 0 Å². The molecule has 0 amide bonds. The van der Waals surface area contributed by atoms with Crippen LogP contribution in [0.15, 0.2) is 18.2 Å². The molecule has 0 unspecified atom stereocenters. The standard InChI is InChI=1S/C8H9N3S/c1-5-7-3-2-6(9)4-8(7)11(12)10-5/h2-4,12H,9H2,1H3. The Balaban J connectivity index is 2.90. The molecule has 0 spiro atoms. The lowest BCUT2D eigenvalue weighted by molar-refractivity contribution is 1.01. The third-order valence-corrected chi connectivity index (χ3v) is 2.18. The van der Waals surface area contributed by atoms with E-state index in [1.807, 2.05) is 25.1 Å². The summed E-state index contributed by atoms with van der Waals surface area (Å²) < 4.78 is 1.54. The molecule has 2 aromatic rings. The van der Waals surface area contributed by atoms with Crippen molar-refractivity contribution in [3.8, 4) is 0 Å². The van der Waals surface area contributed by atoms with E-state index >= 15 is 0 Å². The van der Waals surface area contributed by atoms with Gasteiger partial charge < -0.3 is 5.73 Å². The summed E-state index contributed by atoms with van der Waals surface area (Å²) in [6.45, 7) is 1.95. The zero-order chi connectivity index (χ0) is 8.72. The molecule has 0 atom stereocenters. The number of thiol groups is 1. The van der Waals surface area contributed by atoms with Crippen LogP contribution in [-0.2, 0) is 0 Å². The number of benzene rings is 1. The fraction of sp³-hybridized carbons (Fsp3) is 0.125. The molecule has 0 aliphatic carbocycles. The van der Waals surface area contributed by atoms with Crippen molar-refractivity contribution < 1.29 is 0 Å². The molecule has 1 aromatic carbocycles. The lowest BCUT2D eigenvalue weighted by Crippen LogP contribution is -1.85. The van der Waals surface area contributed by atoms with E-state index in [1.165, 1.54) is 0 Å². The summed E-state index contributed by atoms with van der Waals surface area (Å²) >= 11 is 4.17. The summed E-state index contributed by atoms with van der Waals surface area (Å²) in [7, 11) is 0. The van der Waals surface area contributed by atoms with Crippen molar-refractivity contribution >= 4 is 29.4 Å². The Bertz CT molecular complexity index is 433. The average Bonchev–Trinajstić information content (AvgIpc) is 2.28. The number of rotatable bonds is 0. The molecule has 4 heteroatoms. The Labute approximate surface area is 75.7 Å². The van der Waals surface area contributed by atoms with E-state index in [-0.39, 0.29) is 0 Å². The molecular weight excluding hydrogens is 170 g/mol. The monoisotopic (exact) mass is 179 g/mol. The quantitative estimate of drug-likeness (QED) is 0.477. The van der Waals surface area contributed by atoms with E-state index in [4.69, 9.17) is 5.73 Å². The first-order chi connectivity index (χ1) is 5.68. The van der Waals surface area contributed by atoms with Crippen molar-refractivity contribution in [2.75, 3.05) is 5.73 Å². The van der Waals surface area contributed by atoms with Gasteiger partial charge in [0.25, 0.3) is 0 Å². The van der Waals surface area contributed by atoms with Crippen molar-refractivity contribution in [3.05, 3.63) is 23.9 Å². The molecule has 62 valence electrons. The topological polar surface area (TPSA) is 43.8 Å². The number of aromatic nitrogens is 2. The van der Waals surface area contributed by atoms with Gasteiger partial charge in [-0.05, 0) is 37.9 Å². The Morgan fingerprint density at radius 3 is 3.00 bits per heavy atom. The minimum Gasteiger partial charge on any atom is -0.399 e. The first-order valence-electron chi connectivity index (χ1n) is 3.62. The van der Waals surface area contributed by atoms with Crippen molar-refractivity contribution in [2.24, 2.45) is 0 Å². The maximum absolute atomic E-state index is 5.63. The van der Waals surface area contributed by atoms with Crippen molar-refractivity contribution in [1.29, 1.82) is 0 Å². The van der Waals surface area contributed by atoms with Crippen LogP contribution in [-0.4, -0.2) is 9.19 Å². The highest BCUT2D eigenvalue weighted by atomic mass is 32.1. The Morgan fingerprint density at radius 2 is 2.25 bits per heavy atom. The summed E-state index contributed by atoms with van der Waals surface area (Å²) in [5.41, 5.74) is 8.29. The molecule has 1 heterocycles. The number of nitrogen functional groups attached to an aromatic ring is 1. The minimum atomic E-state index is 0.734. The van der Waals surface area contributed by atoms with Gasteiger partial charge in [-0.15, -0.1) is 0 Å². The van der Waals surface area contributed by atoms with Gasteiger partial charge in [0, 0.05) is 11.1 Å². The highest BCUT2D eigenvalue weighted by Gasteiger charge is 2.03. The third kappa shape index (κ3) is 0.956. The highest BCUT2D eigenvalue weighted by Crippen LogP contribution is 2.20. The number of fused-ring (bicyclic) bond motifs is 1. The zero-order valence-corrected chi connectivity index (χ0v) is 7.55. The molecular formula is C8H9N3S. The summed E-state index contributed by atoms with van der Waals surface area (Å²) in [5, 5.41) is 5.25. The molecule has 1 aromatic heterocycles. The first kappa shape index (κ1) is 7.49. The van der Waals surface area contributed by atoms with Crippen molar-refractivity contribution in [2.45, 2.75) is 6.92 Å². The van der Waals surface area contributed by atoms with E-state index in [1.54, 1.807) is 4.09 Å². The van der Waals surface area contributed by atoms with Gasteiger partial charge in [0.2, 0.25) is 0 Å². The van der Waals surface area contributed by atoms with Gasteiger partial charge in [-0.25, -0.2) is 4.09 Å². The molecule has 0 bridgehead atoms. The molecule has 2 rings (SSSR count). The number of hydrogen-bond donors (Lipinski definition) is 2. The van der Waals surface area contributed by atoms with Crippen LogP contribution in [0.2, 0.25) is 0 Å². The van der Waals surface area contributed by atoms with Crippen LogP contribution in [0.4, 0.5) is 5.69 Å². The minimum absolute atomic E-state index is 0.734. The van der Waals surface area contributed by atoms with Crippen LogP contribution in [0.5, 0.6) is 0 Å². The second-order valence-corrected chi connectivity index (χ2v) is 3.13. The molecule has 0 saturated heterocycles. The van der Waals surface area contributed by atoms with E-state index in [0.717, 1.165) is 22.3 Å². The molecule has 2 N–H and O–H groups in total. The van der Waals surface area contributed by atoms with E-state index in [2.05, 4.69) is 17.9 Å². The van der Waals surface area contributed by atoms with Gasteiger partial charge in [0.1, 0.15) is 0 Å². The zero-order valence-electron chi connectivity index (χ0n) is 6.65. The summed E-state index contributed by atoms with van der Waals surface area (Å²) in [6, 6.07) is 5.69. The van der Waals surface area contributed by atoms with Gasteiger partial charge in [-0.2, -0.15) is 5.10 Å². The number of nitrogens with zero attached hydrogens (tertiary/aromatic N) is 2. The Morgan fingerprint density at radius 1 is 1.50 bits per heavy atom. The van der Waals surface area contributed by atoms with Crippen LogP contribution in [0.25, 0.3) is 10.9 Å². The first-order valence-corrected chi connectivity index (χ1v) is 4.02. The van der Waals surface area contributed by atoms with Crippen molar-refractivity contribution in [3.63, 3.8) is 0 Å². The SMILES string of the molecule is Cc1nn(S)c2cc(N)ccc12. The van der Waals surface area contributed by atoms with Gasteiger partial charge in [-0.3, -0.25) is 0 Å².